The summed E-state index contributed by atoms with van der Waals surface area (Å²) in [5, 5.41) is 7.97. The molecule has 1 saturated heterocycles. The number of carbonyl (C=O) groups excluding carboxylic acids is 2. The van der Waals surface area contributed by atoms with E-state index in [9.17, 15) is 9.59 Å². The summed E-state index contributed by atoms with van der Waals surface area (Å²) in [6.45, 7) is 2.00. The van der Waals surface area contributed by atoms with Crippen molar-refractivity contribution >= 4 is 40.7 Å². The highest BCUT2D eigenvalue weighted by Crippen LogP contribution is 2.24. The zero-order chi connectivity index (χ0) is 18.0. The molecular weight excluding hydrogens is 365 g/mol. The van der Waals surface area contributed by atoms with Gasteiger partial charge >= 0.3 is 0 Å². The Kier molecular flexibility index (Phi) is 5.49. The lowest BCUT2D eigenvalue weighted by Crippen LogP contribution is -2.45. The Morgan fingerprint density at radius 2 is 2.08 bits per heavy atom. The third-order valence-electron chi connectivity index (χ3n) is 4.20. The Morgan fingerprint density at radius 3 is 2.72 bits per heavy atom. The van der Waals surface area contributed by atoms with Crippen molar-refractivity contribution in [2.45, 2.75) is 44.9 Å². The third-order valence-corrected chi connectivity index (χ3v) is 4.94. The van der Waals surface area contributed by atoms with Crippen LogP contribution in [0, 0.1) is 0 Å². The van der Waals surface area contributed by atoms with Crippen molar-refractivity contribution in [3.63, 3.8) is 0 Å². The molecule has 1 aromatic carbocycles. The molecular formula is C17H19Cl2N3O3. The standard InChI is InChI=1S/C17H19Cl2N3O3/c1-10(23)22-8-13(7-16(22)17(24)20-12-3-4-12)21-25-9-11-2-5-14(18)15(19)6-11/h2,5-6,12,16H,3-4,7-9H2,1H3,(H,20,24)/t16-/m0/s1. The minimum atomic E-state index is -0.509. The number of rotatable bonds is 5. The van der Waals surface area contributed by atoms with Gasteiger partial charge in [0.25, 0.3) is 0 Å². The number of halogens is 2. The number of likely N-dealkylation sites (tertiary alicyclic amines) is 1. The lowest BCUT2D eigenvalue weighted by molar-refractivity contribution is -0.136. The van der Waals surface area contributed by atoms with Gasteiger partial charge in [-0.05, 0) is 30.5 Å². The summed E-state index contributed by atoms with van der Waals surface area (Å²) in [4.78, 5) is 31.0. The van der Waals surface area contributed by atoms with E-state index in [0.29, 0.717) is 28.7 Å². The second-order valence-corrected chi connectivity index (χ2v) is 7.14. The first-order valence-electron chi connectivity index (χ1n) is 8.13. The van der Waals surface area contributed by atoms with Gasteiger partial charge in [0.05, 0.1) is 22.3 Å². The lowest BCUT2D eigenvalue weighted by Gasteiger charge is -2.21. The predicted molar refractivity (Wildman–Crippen MR) is 95.6 cm³/mol. The molecule has 6 nitrogen and oxygen atoms in total. The summed E-state index contributed by atoms with van der Waals surface area (Å²) in [5.74, 6) is -0.266. The van der Waals surface area contributed by atoms with Crippen LogP contribution in [0.5, 0.6) is 0 Å². The molecule has 1 saturated carbocycles. The number of benzene rings is 1. The molecule has 3 rings (SSSR count). The van der Waals surface area contributed by atoms with Crippen LogP contribution in [-0.4, -0.2) is 41.1 Å². The van der Waals surface area contributed by atoms with Crippen LogP contribution in [0.4, 0.5) is 0 Å². The third kappa shape index (κ3) is 4.64. The van der Waals surface area contributed by atoms with E-state index in [-0.39, 0.29) is 24.5 Å². The summed E-state index contributed by atoms with van der Waals surface area (Å²) in [6.07, 6.45) is 2.40. The number of carbonyl (C=O) groups is 2. The molecule has 2 amide bonds. The largest absolute Gasteiger partial charge is 0.391 e. The molecule has 134 valence electrons. The van der Waals surface area contributed by atoms with Gasteiger partial charge in [-0.1, -0.05) is 34.4 Å². The van der Waals surface area contributed by atoms with Gasteiger partial charge in [0.1, 0.15) is 12.6 Å². The summed E-state index contributed by atoms with van der Waals surface area (Å²) in [6, 6.07) is 4.96. The second-order valence-electron chi connectivity index (χ2n) is 6.33. The molecule has 0 spiro atoms. The van der Waals surface area contributed by atoms with Crippen LogP contribution in [0.25, 0.3) is 0 Å². The zero-order valence-corrected chi connectivity index (χ0v) is 15.3. The number of hydrogen-bond donors (Lipinski definition) is 1. The van der Waals surface area contributed by atoms with Gasteiger partial charge in [0.2, 0.25) is 11.8 Å². The van der Waals surface area contributed by atoms with Crippen LogP contribution < -0.4 is 5.32 Å². The number of hydrogen-bond acceptors (Lipinski definition) is 4. The van der Waals surface area contributed by atoms with Crippen molar-refractivity contribution in [3.05, 3.63) is 33.8 Å². The molecule has 1 aromatic rings. The van der Waals surface area contributed by atoms with Crippen molar-refractivity contribution in [2.75, 3.05) is 6.54 Å². The van der Waals surface area contributed by atoms with Crippen LogP contribution in [0.1, 0.15) is 31.7 Å². The van der Waals surface area contributed by atoms with Gasteiger partial charge in [-0.2, -0.15) is 0 Å². The van der Waals surface area contributed by atoms with E-state index < -0.39 is 6.04 Å². The van der Waals surface area contributed by atoms with Crippen molar-refractivity contribution < 1.29 is 14.4 Å². The first-order valence-corrected chi connectivity index (χ1v) is 8.89. The van der Waals surface area contributed by atoms with E-state index in [0.717, 1.165) is 18.4 Å². The molecule has 0 aromatic heterocycles. The average Bonchev–Trinajstić information content (AvgIpc) is 3.26. The average molecular weight is 384 g/mol. The van der Waals surface area contributed by atoms with E-state index in [1.165, 1.54) is 11.8 Å². The predicted octanol–water partition coefficient (Wildman–Crippen LogP) is 2.77. The lowest BCUT2D eigenvalue weighted by atomic mass is 10.2. The maximum atomic E-state index is 12.3. The van der Waals surface area contributed by atoms with Gasteiger partial charge in [-0.25, -0.2) is 0 Å². The summed E-state index contributed by atoms with van der Waals surface area (Å²) < 4.78 is 0. The van der Waals surface area contributed by atoms with Crippen LogP contribution in [0.2, 0.25) is 10.0 Å². The summed E-state index contributed by atoms with van der Waals surface area (Å²) >= 11 is 11.8. The first kappa shape index (κ1) is 18.0. The van der Waals surface area contributed by atoms with Gasteiger partial charge in [-0.15, -0.1) is 0 Å². The molecule has 8 heteroatoms. The maximum Gasteiger partial charge on any atom is 0.243 e. The summed E-state index contributed by atoms with van der Waals surface area (Å²) in [5.41, 5.74) is 1.51. The SMILES string of the molecule is CC(=O)N1CC(=NOCc2ccc(Cl)c(Cl)c2)C[C@H]1C(=O)NC1CC1. The Labute approximate surface area is 156 Å². The number of nitrogens with zero attached hydrogens (tertiary/aromatic N) is 2. The molecule has 1 heterocycles. The molecule has 25 heavy (non-hydrogen) atoms. The van der Waals surface area contributed by atoms with Gasteiger partial charge in [0, 0.05) is 19.4 Å². The van der Waals surface area contributed by atoms with E-state index in [1.54, 1.807) is 18.2 Å². The fraction of sp³-hybridized carbons (Fsp3) is 0.471. The Hall–Kier alpha value is -1.79. The molecule has 0 radical (unpaired) electrons. The minimum Gasteiger partial charge on any atom is -0.391 e. The van der Waals surface area contributed by atoms with E-state index in [1.807, 2.05) is 0 Å². The fourth-order valence-electron chi connectivity index (χ4n) is 2.69. The van der Waals surface area contributed by atoms with Crippen molar-refractivity contribution in [1.29, 1.82) is 0 Å². The highest BCUT2D eigenvalue weighted by Gasteiger charge is 2.38. The monoisotopic (exact) mass is 383 g/mol. The molecule has 1 aliphatic heterocycles. The van der Waals surface area contributed by atoms with E-state index in [2.05, 4.69) is 10.5 Å². The quantitative estimate of drug-likeness (QED) is 0.794. The van der Waals surface area contributed by atoms with Crippen molar-refractivity contribution in [1.82, 2.24) is 10.2 Å². The Bertz CT molecular complexity index is 719. The van der Waals surface area contributed by atoms with E-state index >= 15 is 0 Å². The Morgan fingerprint density at radius 1 is 1.32 bits per heavy atom. The van der Waals surface area contributed by atoms with Gasteiger partial charge < -0.3 is 15.1 Å². The van der Waals surface area contributed by atoms with Gasteiger partial charge in [-0.3, -0.25) is 9.59 Å². The van der Waals surface area contributed by atoms with Crippen molar-refractivity contribution in [2.24, 2.45) is 5.16 Å². The molecule has 1 N–H and O–H groups in total. The van der Waals surface area contributed by atoms with E-state index in [4.69, 9.17) is 28.0 Å². The number of amides is 2. The maximum absolute atomic E-state index is 12.3. The van der Waals surface area contributed by atoms with Crippen molar-refractivity contribution in [3.8, 4) is 0 Å². The number of nitrogens with one attached hydrogen (secondary N) is 1. The molecule has 0 bridgehead atoms. The molecule has 0 unspecified atom stereocenters. The molecule has 1 aliphatic carbocycles. The van der Waals surface area contributed by atoms with Crippen LogP contribution in [0.15, 0.2) is 23.4 Å². The summed E-state index contributed by atoms with van der Waals surface area (Å²) in [7, 11) is 0. The van der Waals surface area contributed by atoms with Crippen LogP contribution in [-0.2, 0) is 21.0 Å². The topological polar surface area (TPSA) is 71.0 Å². The second kappa shape index (κ2) is 7.62. The van der Waals surface area contributed by atoms with Crippen LogP contribution >= 0.6 is 23.2 Å². The highest BCUT2D eigenvalue weighted by molar-refractivity contribution is 6.42. The number of oxime groups is 1. The van der Waals surface area contributed by atoms with Crippen LogP contribution in [0.3, 0.4) is 0 Å². The zero-order valence-electron chi connectivity index (χ0n) is 13.8. The molecule has 1 atom stereocenters. The first-order chi connectivity index (χ1) is 11.9. The van der Waals surface area contributed by atoms with Gasteiger partial charge in [0.15, 0.2) is 0 Å². The molecule has 2 aliphatic rings. The highest BCUT2D eigenvalue weighted by atomic mass is 35.5. The molecule has 2 fully saturated rings. The normalized spacial score (nSPS) is 21.5. The Balaban J connectivity index is 1.59. The smallest absolute Gasteiger partial charge is 0.243 e. The fourth-order valence-corrected chi connectivity index (χ4v) is 3.01. The minimum absolute atomic E-state index is 0.118.